The van der Waals surface area contributed by atoms with E-state index in [4.69, 9.17) is 4.74 Å². The van der Waals surface area contributed by atoms with Crippen LogP contribution in [0, 0.1) is 5.82 Å². The molecule has 4 nitrogen and oxygen atoms in total. The Morgan fingerprint density at radius 1 is 1.03 bits per heavy atom. The van der Waals surface area contributed by atoms with Gasteiger partial charge in [0.15, 0.2) is 5.60 Å². The molecule has 3 aromatic rings. The maximum absolute atomic E-state index is 14.3. The Hall–Kier alpha value is -3.26. The Morgan fingerprint density at radius 2 is 1.74 bits per heavy atom. The number of methoxy groups -OCH3 is 1. The van der Waals surface area contributed by atoms with Gasteiger partial charge in [0.05, 0.1) is 30.4 Å². The van der Waals surface area contributed by atoms with Crippen LogP contribution in [-0.4, -0.2) is 35.0 Å². The van der Waals surface area contributed by atoms with E-state index in [9.17, 15) is 22.7 Å². The summed E-state index contributed by atoms with van der Waals surface area (Å²) in [5.41, 5.74) is -2.52. The molecule has 4 rings (SSSR count). The molecule has 1 aliphatic rings. The summed E-state index contributed by atoms with van der Waals surface area (Å²) in [6, 6.07) is 14.0. The number of ether oxygens (including phenoxy) is 1. The largest absolute Gasteiger partial charge is 0.496 e. The summed E-state index contributed by atoms with van der Waals surface area (Å²) in [6.07, 6.45) is -3.16. The van der Waals surface area contributed by atoms with Crippen LogP contribution in [0.25, 0.3) is 17.3 Å². The van der Waals surface area contributed by atoms with Gasteiger partial charge in [-0.1, -0.05) is 50.3 Å². The highest BCUT2D eigenvalue weighted by atomic mass is 19.4. The van der Waals surface area contributed by atoms with Gasteiger partial charge in [-0.3, -0.25) is 9.98 Å². The van der Waals surface area contributed by atoms with Crippen LogP contribution in [0.3, 0.4) is 0 Å². The Balaban J connectivity index is 1.65. The molecule has 0 spiro atoms. The standard InChI is InChI=1S/C27H26F4N2O2/c1-25(2,21-13-19(28)9-10-24(21)35-3)16-26(34,27(29,30)31)14-20-11-18-12-22(32-15-23(18)33-20)17-7-5-4-6-8-17/h4-13,15,20,34H,14,16H2,1-3H3. The van der Waals surface area contributed by atoms with E-state index in [0.717, 1.165) is 11.6 Å². The summed E-state index contributed by atoms with van der Waals surface area (Å²) in [4.78, 5) is 8.75. The molecule has 2 atom stereocenters. The highest BCUT2D eigenvalue weighted by Gasteiger charge is 2.56. The molecule has 8 heteroatoms. The fourth-order valence-electron chi connectivity index (χ4n) is 4.67. The first-order valence-corrected chi connectivity index (χ1v) is 11.2. The molecule has 35 heavy (non-hydrogen) atoms. The van der Waals surface area contributed by atoms with Gasteiger partial charge in [0.1, 0.15) is 11.6 Å². The summed E-state index contributed by atoms with van der Waals surface area (Å²) in [5.74, 6) is -0.342. The summed E-state index contributed by atoms with van der Waals surface area (Å²) < 4.78 is 62.0. The van der Waals surface area contributed by atoms with Crippen LogP contribution in [0.1, 0.15) is 32.3 Å². The van der Waals surface area contributed by atoms with Crippen LogP contribution >= 0.6 is 0 Å². The van der Waals surface area contributed by atoms with E-state index in [1.54, 1.807) is 12.1 Å². The molecule has 0 radical (unpaired) electrons. The maximum atomic E-state index is 14.3. The minimum absolute atomic E-state index is 0.245. The van der Waals surface area contributed by atoms with E-state index in [0.29, 0.717) is 16.3 Å². The van der Waals surface area contributed by atoms with E-state index in [1.165, 1.54) is 39.3 Å². The van der Waals surface area contributed by atoms with Crippen molar-refractivity contribution in [2.75, 3.05) is 7.11 Å². The Labute approximate surface area is 200 Å². The fourth-order valence-corrected chi connectivity index (χ4v) is 4.67. The number of hydrogen-bond acceptors (Lipinski definition) is 4. The van der Waals surface area contributed by atoms with E-state index < -0.39 is 41.9 Å². The maximum Gasteiger partial charge on any atom is 0.417 e. The fraction of sp³-hybridized carbons (Fsp3) is 0.333. The van der Waals surface area contributed by atoms with Crippen LogP contribution in [-0.2, 0) is 5.41 Å². The lowest BCUT2D eigenvalue weighted by Crippen LogP contribution is -2.50. The second-order valence-corrected chi connectivity index (χ2v) is 9.50. The highest BCUT2D eigenvalue weighted by Crippen LogP contribution is 2.46. The van der Waals surface area contributed by atoms with Gasteiger partial charge in [-0.15, -0.1) is 0 Å². The van der Waals surface area contributed by atoms with Crippen molar-refractivity contribution >= 4 is 6.08 Å². The molecule has 1 aliphatic heterocycles. The summed E-state index contributed by atoms with van der Waals surface area (Å²) in [5, 5.41) is 12.1. The molecule has 184 valence electrons. The zero-order valence-corrected chi connectivity index (χ0v) is 19.6. The molecule has 1 N–H and O–H groups in total. The monoisotopic (exact) mass is 486 g/mol. The number of halogens is 4. The molecular weight excluding hydrogens is 460 g/mol. The molecule has 1 aromatic heterocycles. The van der Waals surface area contributed by atoms with Gasteiger partial charge >= 0.3 is 6.18 Å². The number of alkyl halides is 3. The second kappa shape index (κ2) is 9.07. The van der Waals surface area contributed by atoms with Gasteiger partial charge < -0.3 is 9.84 Å². The van der Waals surface area contributed by atoms with Crippen molar-refractivity contribution in [3.63, 3.8) is 0 Å². The number of benzene rings is 2. The molecule has 0 amide bonds. The predicted molar refractivity (Wildman–Crippen MR) is 125 cm³/mol. The van der Waals surface area contributed by atoms with E-state index >= 15 is 0 Å². The molecular formula is C27H26F4N2O2. The smallest absolute Gasteiger partial charge is 0.417 e. The first-order chi connectivity index (χ1) is 16.4. The average Bonchev–Trinajstić information content (AvgIpc) is 3.19. The Kier molecular flexibility index (Phi) is 6.44. The number of pyridine rings is 1. The van der Waals surface area contributed by atoms with E-state index in [-0.39, 0.29) is 11.3 Å². The number of rotatable bonds is 7. The molecule has 2 unspecified atom stereocenters. The number of aliphatic hydroxyl groups is 1. The first-order valence-electron chi connectivity index (χ1n) is 11.2. The molecule has 0 bridgehead atoms. The van der Waals surface area contributed by atoms with E-state index in [1.807, 2.05) is 30.3 Å². The highest BCUT2D eigenvalue weighted by molar-refractivity contribution is 5.59. The number of fused-ring (bicyclic) bond motifs is 1. The van der Waals surface area contributed by atoms with Gasteiger partial charge in [0.25, 0.3) is 0 Å². The van der Waals surface area contributed by atoms with Gasteiger partial charge in [-0.25, -0.2) is 4.39 Å². The third-order valence-electron chi connectivity index (χ3n) is 6.36. The Morgan fingerprint density at radius 3 is 2.40 bits per heavy atom. The van der Waals surface area contributed by atoms with Crippen LogP contribution in [0.4, 0.5) is 17.6 Å². The number of aromatic nitrogens is 1. The number of nitrogens with zero attached hydrogens (tertiary/aromatic N) is 2. The van der Waals surface area contributed by atoms with Crippen molar-refractivity contribution in [3.05, 3.63) is 82.8 Å². The molecule has 2 heterocycles. The quantitative estimate of drug-likeness (QED) is 0.492. The van der Waals surface area contributed by atoms with Crippen LogP contribution in [0.15, 0.2) is 65.8 Å². The minimum Gasteiger partial charge on any atom is -0.496 e. The molecule has 0 aliphatic carbocycles. The molecule has 0 saturated carbocycles. The van der Waals surface area contributed by atoms with Crippen molar-refractivity contribution in [1.29, 1.82) is 0 Å². The average molecular weight is 487 g/mol. The topological polar surface area (TPSA) is 54.7 Å². The van der Waals surface area contributed by atoms with Gasteiger partial charge in [-0.05, 0) is 36.1 Å². The Bertz CT molecular complexity index is 1340. The lowest BCUT2D eigenvalue weighted by molar-refractivity contribution is -0.269. The minimum atomic E-state index is -4.93. The summed E-state index contributed by atoms with van der Waals surface area (Å²) >= 11 is 0. The third-order valence-corrected chi connectivity index (χ3v) is 6.36. The van der Waals surface area contributed by atoms with Crippen molar-refractivity contribution in [3.8, 4) is 17.0 Å². The van der Waals surface area contributed by atoms with Crippen molar-refractivity contribution in [1.82, 2.24) is 4.98 Å². The van der Waals surface area contributed by atoms with Crippen molar-refractivity contribution in [2.45, 2.75) is 49.9 Å². The van der Waals surface area contributed by atoms with Crippen LogP contribution < -0.4 is 15.3 Å². The van der Waals surface area contributed by atoms with Crippen LogP contribution in [0.2, 0.25) is 0 Å². The van der Waals surface area contributed by atoms with Gasteiger partial charge in [0, 0.05) is 22.8 Å². The summed E-state index contributed by atoms with van der Waals surface area (Å²) in [7, 11) is 1.37. The SMILES string of the molecule is COc1ccc(F)cc1C(C)(C)CC(O)(CC1C=c2cc(-c3ccccc3)ncc2=N1)C(F)(F)F. The normalized spacial score (nSPS) is 17.2. The van der Waals surface area contributed by atoms with Crippen molar-refractivity contribution < 1.29 is 27.4 Å². The predicted octanol–water partition coefficient (Wildman–Crippen LogP) is 4.73. The zero-order valence-electron chi connectivity index (χ0n) is 19.6. The molecule has 2 aromatic carbocycles. The third kappa shape index (κ3) is 5.07. The summed E-state index contributed by atoms with van der Waals surface area (Å²) in [6.45, 7) is 3.06. The second-order valence-electron chi connectivity index (χ2n) is 9.50. The van der Waals surface area contributed by atoms with Crippen LogP contribution in [0.5, 0.6) is 5.75 Å². The molecule has 0 fully saturated rings. The lowest BCUT2D eigenvalue weighted by Gasteiger charge is -2.39. The van der Waals surface area contributed by atoms with Crippen molar-refractivity contribution in [2.24, 2.45) is 4.99 Å². The van der Waals surface area contributed by atoms with Gasteiger partial charge in [0.2, 0.25) is 0 Å². The van der Waals surface area contributed by atoms with E-state index in [2.05, 4.69) is 9.98 Å². The number of hydrogen-bond donors (Lipinski definition) is 1. The lowest BCUT2D eigenvalue weighted by atomic mass is 9.72. The first kappa shape index (κ1) is 24.9. The van der Waals surface area contributed by atoms with Gasteiger partial charge in [-0.2, -0.15) is 13.2 Å². The zero-order chi connectivity index (χ0) is 25.4. The molecule has 0 saturated heterocycles.